The van der Waals surface area contributed by atoms with Crippen molar-refractivity contribution in [3.8, 4) is 5.75 Å². The summed E-state index contributed by atoms with van der Waals surface area (Å²) in [6.07, 6.45) is 7.41. The van der Waals surface area contributed by atoms with Crippen LogP contribution in [0.1, 0.15) is 42.1 Å². The van der Waals surface area contributed by atoms with Gasteiger partial charge in [0.15, 0.2) is 5.75 Å². The molecule has 0 bridgehead atoms. The van der Waals surface area contributed by atoms with Crippen LogP contribution in [0.3, 0.4) is 0 Å². The molecule has 0 unspecified atom stereocenters. The van der Waals surface area contributed by atoms with E-state index in [9.17, 15) is 20.0 Å². The molecule has 8 nitrogen and oxygen atoms in total. The lowest BCUT2D eigenvalue weighted by atomic mass is 9.90. The minimum Gasteiger partial charge on any atom is -0.502 e. The fourth-order valence-corrected chi connectivity index (χ4v) is 3.14. The minimum atomic E-state index is -0.709. The molecule has 3 rings (SSSR count). The molecule has 1 amide bonds. The SMILES string of the molecule is O=C(N[C@@H]1CCCC[C@H]1n1cccn1)c1ccc(O)c([N+](=O)[O-])c1. The summed E-state index contributed by atoms with van der Waals surface area (Å²) >= 11 is 0. The van der Waals surface area contributed by atoms with Gasteiger partial charge in [-0.1, -0.05) is 12.8 Å². The second-order valence-electron chi connectivity index (χ2n) is 5.88. The van der Waals surface area contributed by atoms with Crippen LogP contribution >= 0.6 is 0 Å². The van der Waals surface area contributed by atoms with E-state index in [1.807, 2.05) is 16.9 Å². The molecule has 1 aromatic carbocycles. The van der Waals surface area contributed by atoms with Crippen molar-refractivity contribution in [3.05, 3.63) is 52.3 Å². The van der Waals surface area contributed by atoms with Gasteiger partial charge < -0.3 is 10.4 Å². The lowest BCUT2D eigenvalue weighted by molar-refractivity contribution is -0.385. The summed E-state index contributed by atoms with van der Waals surface area (Å²) in [6, 6.07) is 5.47. The molecule has 0 spiro atoms. The van der Waals surface area contributed by atoms with E-state index in [1.165, 1.54) is 12.1 Å². The van der Waals surface area contributed by atoms with Crippen LogP contribution < -0.4 is 5.32 Å². The third kappa shape index (κ3) is 3.22. The van der Waals surface area contributed by atoms with Crippen LogP contribution in [0, 0.1) is 10.1 Å². The van der Waals surface area contributed by atoms with E-state index in [0.717, 1.165) is 31.7 Å². The number of carbonyl (C=O) groups excluding carboxylic acids is 1. The molecule has 2 atom stereocenters. The maximum atomic E-state index is 12.5. The van der Waals surface area contributed by atoms with Gasteiger partial charge in [-0.3, -0.25) is 19.6 Å². The Labute approximate surface area is 138 Å². The molecule has 126 valence electrons. The normalized spacial score (nSPS) is 20.5. The van der Waals surface area contributed by atoms with Crippen LogP contribution in [-0.4, -0.2) is 31.8 Å². The second kappa shape index (κ2) is 6.69. The smallest absolute Gasteiger partial charge is 0.311 e. The summed E-state index contributed by atoms with van der Waals surface area (Å²) in [5.41, 5.74) is -0.320. The van der Waals surface area contributed by atoms with Gasteiger partial charge in [-0.2, -0.15) is 5.10 Å². The van der Waals surface area contributed by atoms with E-state index >= 15 is 0 Å². The lowest BCUT2D eigenvalue weighted by Crippen LogP contribution is -2.43. The number of hydrogen-bond donors (Lipinski definition) is 2. The maximum Gasteiger partial charge on any atom is 0.311 e. The zero-order valence-corrected chi connectivity index (χ0v) is 13.0. The van der Waals surface area contributed by atoms with Crippen molar-refractivity contribution in [1.82, 2.24) is 15.1 Å². The first kappa shape index (κ1) is 16.0. The number of phenols is 1. The summed E-state index contributed by atoms with van der Waals surface area (Å²) < 4.78 is 1.85. The Kier molecular flexibility index (Phi) is 4.45. The molecule has 1 aliphatic rings. The van der Waals surface area contributed by atoms with Gasteiger partial charge >= 0.3 is 5.69 Å². The highest BCUT2D eigenvalue weighted by atomic mass is 16.6. The monoisotopic (exact) mass is 330 g/mol. The Bertz CT molecular complexity index is 745. The summed E-state index contributed by atoms with van der Waals surface area (Å²) in [7, 11) is 0. The van der Waals surface area contributed by atoms with E-state index in [-0.39, 0.29) is 23.6 Å². The first-order valence-electron chi connectivity index (χ1n) is 7.83. The molecule has 2 N–H and O–H groups in total. The third-order valence-electron chi connectivity index (χ3n) is 4.34. The fraction of sp³-hybridized carbons (Fsp3) is 0.375. The lowest BCUT2D eigenvalue weighted by Gasteiger charge is -2.32. The predicted octanol–water partition coefficient (Wildman–Crippen LogP) is 2.41. The largest absolute Gasteiger partial charge is 0.502 e. The molecule has 0 aliphatic heterocycles. The Balaban J connectivity index is 1.78. The molecule has 1 saturated carbocycles. The Hall–Kier alpha value is -2.90. The number of aromatic hydroxyl groups is 1. The first-order valence-corrected chi connectivity index (χ1v) is 7.83. The van der Waals surface area contributed by atoms with Crippen LogP contribution in [0.4, 0.5) is 5.69 Å². The molecule has 1 aromatic heterocycles. The molecule has 1 aliphatic carbocycles. The molecule has 0 saturated heterocycles. The molecule has 24 heavy (non-hydrogen) atoms. The Morgan fingerprint density at radius 2 is 2.17 bits per heavy atom. The van der Waals surface area contributed by atoms with Crippen LogP contribution in [0.15, 0.2) is 36.7 Å². The molecular weight excluding hydrogens is 312 g/mol. The van der Waals surface area contributed by atoms with Gasteiger partial charge in [0, 0.05) is 24.0 Å². The number of nitro benzene ring substituents is 1. The highest BCUT2D eigenvalue weighted by molar-refractivity contribution is 5.95. The van der Waals surface area contributed by atoms with Gasteiger partial charge in [0.2, 0.25) is 0 Å². The summed E-state index contributed by atoms with van der Waals surface area (Å²) in [5.74, 6) is -0.842. The van der Waals surface area contributed by atoms with Gasteiger partial charge in [0.05, 0.1) is 17.0 Å². The number of nitrogens with one attached hydrogen (secondary N) is 1. The minimum absolute atomic E-state index is 0.0739. The average Bonchev–Trinajstić information content (AvgIpc) is 3.09. The van der Waals surface area contributed by atoms with Crippen LogP contribution in [0.5, 0.6) is 5.75 Å². The number of phenolic OH excluding ortho intramolecular Hbond substituents is 1. The number of aromatic nitrogens is 2. The molecular formula is C16H18N4O4. The number of amides is 1. The van der Waals surface area contributed by atoms with Crippen molar-refractivity contribution < 1.29 is 14.8 Å². The third-order valence-corrected chi connectivity index (χ3v) is 4.34. The second-order valence-corrected chi connectivity index (χ2v) is 5.88. The van der Waals surface area contributed by atoms with E-state index < -0.39 is 16.4 Å². The molecule has 8 heteroatoms. The molecule has 1 heterocycles. The topological polar surface area (TPSA) is 110 Å². The average molecular weight is 330 g/mol. The van der Waals surface area contributed by atoms with Crippen LogP contribution in [0.25, 0.3) is 0 Å². The van der Waals surface area contributed by atoms with Gasteiger partial charge in [0.1, 0.15) is 0 Å². The van der Waals surface area contributed by atoms with Crippen LogP contribution in [0.2, 0.25) is 0 Å². The van der Waals surface area contributed by atoms with Gasteiger partial charge in [-0.15, -0.1) is 0 Å². The van der Waals surface area contributed by atoms with E-state index in [1.54, 1.807) is 6.20 Å². The van der Waals surface area contributed by atoms with E-state index in [4.69, 9.17) is 0 Å². The van der Waals surface area contributed by atoms with Crippen molar-refractivity contribution in [2.24, 2.45) is 0 Å². The van der Waals surface area contributed by atoms with Crippen LogP contribution in [-0.2, 0) is 0 Å². The van der Waals surface area contributed by atoms with E-state index in [2.05, 4.69) is 10.4 Å². The van der Waals surface area contributed by atoms with Gasteiger partial charge in [0.25, 0.3) is 5.91 Å². The fourth-order valence-electron chi connectivity index (χ4n) is 3.14. The van der Waals surface area contributed by atoms with Crippen molar-refractivity contribution in [2.75, 3.05) is 0 Å². The highest BCUT2D eigenvalue weighted by Gasteiger charge is 2.29. The number of nitro groups is 1. The van der Waals surface area contributed by atoms with E-state index in [0.29, 0.717) is 0 Å². The Morgan fingerprint density at radius 3 is 2.88 bits per heavy atom. The number of benzene rings is 1. The number of hydrogen-bond acceptors (Lipinski definition) is 5. The molecule has 0 radical (unpaired) electrons. The van der Waals surface area contributed by atoms with Crippen molar-refractivity contribution in [2.45, 2.75) is 37.8 Å². The zero-order valence-electron chi connectivity index (χ0n) is 13.0. The first-order chi connectivity index (χ1) is 11.6. The quantitative estimate of drug-likeness (QED) is 0.660. The predicted molar refractivity (Wildman–Crippen MR) is 85.7 cm³/mol. The number of rotatable bonds is 4. The highest BCUT2D eigenvalue weighted by Crippen LogP contribution is 2.29. The summed E-state index contributed by atoms with van der Waals surface area (Å²) in [5, 5.41) is 27.6. The number of carbonyl (C=O) groups is 1. The molecule has 2 aromatic rings. The maximum absolute atomic E-state index is 12.5. The van der Waals surface area contributed by atoms with Crippen molar-refractivity contribution in [3.63, 3.8) is 0 Å². The van der Waals surface area contributed by atoms with Gasteiger partial charge in [-0.25, -0.2) is 0 Å². The Morgan fingerprint density at radius 1 is 1.38 bits per heavy atom. The summed E-state index contributed by atoms with van der Waals surface area (Å²) in [4.78, 5) is 22.7. The van der Waals surface area contributed by atoms with Gasteiger partial charge in [-0.05, 0) is 31.0 Å². The van der Waals surface area contributed by atoms with Crippen molar-refractivity contribution in [1.29, 1.82) is 0 Å². The van der Waals surface area contributed by atoms with Crippen molar-refractivity contribution >= 4 is 11.6 Å². The molecule has 1 fully saturated rings. The standard InChI is InChI=1S/C16H18N4O4/c21-15-7-6-11(10-14(15)20(23)24)16(22)18-12-4-1-2-5-13(12)19-9-3-8-17-19/h3,6-10,12-13,21H,1-2,4-5H2,(H,18,22)/t12-,13-/m1/s1. The number of nitrogens with zero attached hydrogens (tertiary/aromatic N) is 3. The zero-order chi connectivity index (χ0) is 17.1. The summed E-state index contributed by atoms with van der Waals surface area (Å²) in [6.45, 7) is 0.